The first-order valence-electron chi connectivity index (χ1n) is 4.01. The Kier molecular flexibility index (Phi) is 6.61. The summed E-state index contributed by atoms with van der Waals surface area (Å²) in [5.74, 6) is 0.594. The van der Waals surface area contributed by atoms with Crippen molar-refractivity contribution in [2.24, 2.45) is 5.92 Å². The first-order chi connectivity index (χ1) is 4.81. The zero-order chi connectivity index (χ0) is 7.82. The maximum Gasteiger partial charge on any atom is 0.0471 e. The molecule has 1 unspecified atom stereocenters. The van der Waals surface area contributed by atoms with Crippen molar-refractivity contribution in [3.63, 3.8) is 0 Å². The molecule has 0 aromatic heterocycles. The maximum atomic E-state index is 5.31. The molecule has 0 aromatic rings. The Balaban J connectivity index is 2.95. The van der Waals surface area contributed by atoms with Crippen LogP contribution in [0.25, 0.3) is 0 Å². The molecule has 1 nitrogen and oxygen atoms in total. The first kappa shape index (κ1) is 9.70. The molecule has 0 aliphatic rings. The smallest absolute Gasteiger partial charge is 0.0471 e. The standard InChI is InChI=1S/C9H18O/c1-4-7-10-8-6-9(3)5-2/h5,9H,2,4,6-8H2,1,3H3. The molecule has 0 saturated carbocycles. The van der Waals surface area contributed by atoms with Crippen molar-refractivity contribution in [1.29, 1.82) is 0 Å². The molecule has 0 aliphatic carbocycles. The monoisotopic (exact) mass is 142 g/mol. The minimum atomic E-state index is 0.594. The third-order valence-electron chi connectivity index (χ3n) is 1.47. The lowest BCUT2D eigenvalue weighted by atomic mass is 10.1. The van der Waals surface area contributed by atoms with Gasteiger partial charge in [-0.05, 0) is 18.8 Å². The van der Waals surface area contributed by atoms with E-state index in [0.29, 0.717) is 5.92 Å². The van der Waals surface area contributed by atoms with Gasteiger partial charge in [-0.1, -0.05) is 19.9 Å². The van der Waals surface area contributed by atoms with Gasteiger partial charge in [0.2, 0.25) is 0 Å². The molecule has 0 aliphatic heterocycles. The fraction of sp³-hybridized carbons (Fsp3) is 0.778. The number of allylic oxidation sites excluding steroid dienone is 1. The zero-order valence-electron chi connectivity index (χ0n) is 7.10. The van der Waals surface area contributed by atoms with E-state index in [1.165, 1.54) is 0 Å². The fourth-order valence-electron chi connectivity index (χ4n) is 0.633. The molecule has 0 amide bonds. The van der Waals surface area contributed by atoms with Crippen LogP contribution in [0.5, 0.6) is 0 Å². The molecule has 60 valence electrons. The topological polar surface area (TPSA) is 9.23 Å². The van der Waals surface area contributed by atoms with Gasteiger partial charge in [-0.25, -0.2) is 0 Å². The lowest BCUT2D eigenvalue weighted by Crippen LogP contribution is -1.99. The van der Waals surface area contributed by atoms with Crippen LogP contribution in [0.1, 0.15) is 26.7 Å². The summed E-state index contributed by atoms with van der Waals surface area (Å²) in [7, 11) is 0. The van der Waals surface area contributed by atoms with Crippen LogP contribution in [-0.4, -0.2) is 13.2 Å². The van der Waals surface area contributed by atoms with Gasteiger partial charge in [0.05, 0.1) is 0 Å². The van der Waals surface area contributed by atoms with Crippen LogP contribution >= 0.6 is 0 Å². The Morgan fingerprint density at radius 2 is 2.20 bits per heavy atom. The highest BCUT2D eigenvalue weighted by Gasteiger charge is 1.94. The molecule has 0 saturated heterocycles. The van der Waals surface area contributed by atoms with E-state index in [1.807, 2.05) is 6.08 Å². The molecular formula is C9H18O. The van der Waals surface area contributed by atoms with Gasteiger partial charge in [0, 0.05) is 13.2 Å². The lowest BCUT2D eigenvalue weighted by Gasteiger charge is -2.04. The Hall–Kier alpha value is -0.300. The Labute approximate surface area is 64.1 Å². The van der Waals surface area contributed by atoms with Gasteiger partial charge in [-0.2, -0.15) is 0 Å². The predicted molar refractivity (Wildman–Crippen MR) is 45.1 cm³/mol. The molecule has 0 rings (SSSR count). The van der Waals surface area contributed by atoms with Crippen LogP contribution in [0.15, 0.2) is 12.7 Å². The van der Waals surface area contributed by atoms with E-state index in [9.17, 15) is 0 Å². The molecule has 1 heteroatoms. The third kappa shape index (κ3) is 5.83. The average molecular weight is 142 g/mol. The normalized spacial score (nSPS) is 13.0. The molecule has 0 heterocycles. The van der Waals surface area contributed by atoms with Crippen molar-refractivity contribution >= 4 is 0 Å². The minimum absolute atomic E-state index is 0.594. The second kappa shape index (κ2) is 6.81. The Morgan fingerprint density at radius 1 is 1.50 bits per heavy atom. The second-order valence-electron chi connectivity index (χ2n) is 2.61. The van der Waals surface area contributed by atoms with Gasteiger partial charge in [0.25, 0.3) is 0 Å². The maximum absolute atomic E-state index is 5.31. The number of rotatable bonds is 6. The summed E-state index contributed by atoms with van der Waals surface area (Å²) in [6.07, 6.45) is 4.18. The Bertz CT molecular complexity index is 78.8. The fourth-order valence-corrected chi connectivity index (χ4v) is 0.633. The highest BCUT2D eigenvalue weighted by atomic mass is 16.5. The summed E-state index contributed by atoms with van der Waals surface area (Å²) in [6.45, 7) is 9.75. The van der Waals surface area contributed by atoms with Crippen LogP contribution < -0.4 is 0 Å². The van der Waals surface area contributed by atoms with Crippen molar-refractivity contribution in [1.82, 2.24) is 0 Å². The van der Waals surface area contributed by atoms with Crippen LogP contribution in [0.3, 0.4) is 0 Å². The molecule has 0 aromatic carbocycles. The molecule has 0 fully saturated rings. The summed E-state index contributed by atoms with van der Waals surface area (Å²) in [6, 6.07) is 0. The van der Waals surface area contributed by atoms with Crippen molar-refractivity contribution in [2.45, 2.75) is 26.7 Å². The highest BCUT2D eigenvalue weighted by molar-refractivity contribution is 4.74. The van der Waals surface area contributed by atoms with Gasteiger partial charge in [0.1, 0.15) is 0 Å². The molecule has 0 N–H and O–H groups in total. The summed E-state index contributed by atoms with van der Waals surface area (Å²) >= 11 is 0. The van der Waals surface area contributed by atoms with Crippen molar-refractivity contribution < 1.29 is 4.74 Å². The molecule has 1 atom stereocenters. The number of ether oxygens (including phenoxy) is 1. The van der Waals surface area contributed by atoms with E-state index >= 15 is 0 Å². The number of hydrogen-bond donors (Lipinski definition) is 0. The van der Waals surface area contributed by atoms with Crippen molar-refractivity contribution in [2.75, 3.05) is 13.2 Å². The van der Waals surface area contributed by atoms with E-state index in [1.54, 1.807) is 0 Å². The summed E-state index contributed by atoms with van der Waals surface area (Å²) in [4.78, 5) is 0. The largest absolute Gasteiger partial charge is 0.381 e. The van der Waals surface area contributed by atoms with Crippen LogP contribution in [0.4, 0.5) is 0 Å². The van der Waals surface area contributed by atoms with Crippen LogP contribution in [0.2, 0.25) is 0 Å². The quantitative estimate of drug-likeness (QED) is 0.409. The van der Waals surface area contributed by atoms with Crippen LogP contribution in [-0.2, 0) is 4.74 Å². The molecule has 0 bridgehead atoms. The Morgan fingerprint density at radius 3 is 2.70 bits per heavy atom. The summed E-state index contributed by atoms with van der Waals surface area (Å²) in [5.41, 5.74) is 0. The average Bonchev–Trinajstić information content (AvgIpc) is 1.98. The van der Waals surface area contributed by atoms with E-state index in [4.69, 9.17) is 4.74 Å². The van der Waals surface area contributed by atoms with Gasteiger partial charge in [-0.3, -0.25) is 0 Å². The SMILES string of the molecule is C=CC(C)CCOCCC. The first-order valence-corrected chi connectivity index (χ1v) is 4.01. The summed E-state index contributed by atoms with van der Waals surface area (Å²) < 4.78 is 5.31. The molecule has 0 spiro atoms. The number of hydrogen-bond acceptors (Lipinski definition) is 1. The molecular weight excluding hydrogens is 124 g/mol. The predicted octanol–water partition coefficient (Wildman–Crippen LogP) is 2.63. The third-order valence-corrected chi connectivity index (χ3v) is 1.47. The van der Waals surface area contributed by atoms with Gasteiger partial charge in [0.15, 0.2) is 0 Å². The lowest BCUT2D eigenvalue weighted by molar-refractivity contribution is 0.126. The van der Waals surface area contributed by atoms with Gasteiger partial charge < -0.3 is 4.74 Å². The second-order valence-corrected chi connectivity index (χ2v) is 2.61. The van der Waals surface area contributed by atoms with E-state index in [-0.39, 0.29) is 0 Å². The van der Waals surface area contributed by atoms with Gasteiger partial charge in [-0.15, -0.1) is 6.58 Å². The summed E-state index contributed by atoms with van der Waals surface area (Å²) in [5, 5.41) is 0. The van der Waals surface area contributed by atoms with Crippen LogP contribution in [0, 0.1) is 5.92 Å². The molecule has 0 radical (unpaired) electrons. The minimum Gasteiger partial charge on any atom is -0.381 e. The van der Waals surface area contributed by atoms with E-state index < -0.39 is 0 Å². The molecule has 10 heavy (non-hydrogen) atoms. The van der Waals surface area contributed by atoms with Crippen molar-refractivity contribution in [3.05, 3.63) is 12.7 Å². The zero-order valence-corrected chi connectivity index (χ0v) is 7.10. The van der Waals surface area contributed by atoms with E-state index in [0.717, 1.165) is 26.1 Å². The highest BCUT2D eigenvalue weighted by Crippen LogP contribution is 2.01. The van der Waals surface area contributed by atoms with Gasteiger partial charge >= 0.3 is 0 Å². The van der Waals surface area contributed by atoms with Crippen molar-refractivity contribution in [3.8, 4) is 0 Å². The van der Waals surface area contributed by atoms with E-state index in [2.05, 4.69) is 20.4 Å².